The summed E-state index contributed by atoms with van der Waals surface area (Å²) in [6.45, 7) is 3.63. The van der Waals surface area contributed by atoms with Crippen LogP contribution in [-0.4, -0.2) is 25.7 Å². The fourth-order valence-corrected chi connectivity index (χ4v) is 2.89. The number of benzene rings is 1. The summed E-state index contributed by atoms with van der Waals surface area (Å²) in [5.41, 5.74) is 1.51. The lowest BCUT2D eigenvalue weighted by Gasteiger charge is -2.22. The summed E-state index contributed by atoms with van der Waals surface area (Å²) in [7, 11) is 0. The van der Waals surface area contributed by atoms with Crippen molar-refractivity contribution in [3.8, 4) is 0 Å². The largest absolute Gasteiger partial charge is 0.317 e. The molecule has 3 rings (SSSR count). The van der Waals surface area contributed by atoms with E-state index in [1.807, 2.05) is 0 Å². The molecule has 2 aliphatic rings. The van der Waals surface area contributed by atoms with Crippen molar-refractivity contribution in [2.45, 2.75) is 31.2 Å². The van der Waals surface area contributed by atoms with Gasteiger partial charge in [-0.3, -0.25) is 0 Å². The summed E-state index contributed by atoms with van der Waals surface area (Å²) in [6, 6.07) is 11.7. The molecule has 2 N–H and O–H groups in total. The smallest absolute Gasteiger partial charge is 0.0143 e. The highest BCUT2D eigenvalue weighted by Gasteiger charge is 2.37. The Labute approximate surface area is 104 Å². The summed E-state index contributed by atoms with van der Waals surface area (Å²) < 4.78 is 0. The van der Waals surface area contributed by atoms with Gasteiger partial charge in [-0.25, -0.2) is 0 Å². The quantitative estimate of drug-likeness (QED) is 0.828. The van der Waals surface area contributed by atoms with E-state index in [0.29, 0.717) is 0 Å². The summed E-state index contributed by atoms with van der Waals surface area (Å²) in [5.74, 6) is 1.67. The van der Waals surface area contributed by atoms with Crippen molar-refractivity contribution in [2.24, 2.45) is 5.92 Å². The van der Waals surface area contributed by atoms with E-state index in [4.69, 9.17) is 0 Å². The zero-order chi connectivity index (χ0) is 11.5. The molecule has 0 bridgehead atoms. The first kappa shape index (κ1) is 11.2. The Morgan fingerprint density at radius 2 is 1.88 bits per heavy atom. The molecule has 0 spiro atoms. The number of hydrogen-bond acceptors (Lipinski definition) is 2. The highest BCUT2D eigenvalue weighted by molar-refractivity contribution is 5.27. The maximum Gasteiger partial charge on any atom is 0.0143 e. The van der Waals surface area contributed by atoms with Crippen molar-refractivity contribution in [2.75, 3.05) is 19.6 Å². The number of nitrogens with one attached hydrogen (secondary N) is 2. The van der Waals surface area contributed by atoms with Crippen molar-refractivity contribution in [3.05, 3.63) is 35.9 Å². The zero-order valence-corrected chi connectivity index (χ0v) is 10.4. The minimum Gasteiger partial charge on any atom is -0.317 e. The molecule has 1 aliphatic carbocycles. The molecular weight excluding hydrogens is 208 g/mol. The predicted molar refractivity (Wildman–Crippen MR) is 71.2 cm³/mol. The summed E-state index contributed by atoms with van der Waals surface area (Å²) in [5, 5.41) is 7.17. The molecule has 1 saturated carbocycles. The van der Waals surface area contributed by atoms with E-state index >= 15 is 0 Å². The van der Waals surface area contributed by atoms with Gasteiger partial charge in [0.1, 0.15) is 0 Å². The van der Waals surface area contributed by atoms with E-state index in [1.165, 1.54) is 44.5 Å². The lowest BCUT2D eigenvalue weighted by Crippen LogP contribution is -2.34. The standard InChI is InChI=1S/C15H22N2/c1-2-4-13(5-3-1)14-10-15(14)17-11-12-6-8-16-9-7-12/h1-5,12,14-17H,6-11H2/t14-,15+/m0/s1. The highest BCUT2D eigenvalue weighted by Crippen LogP contribution is 2.40. The van der Waals surface area contributed by atoms with Crippen LogP contribution in [0, 0.1) is 5.92 Å². The second-order valence-corrected chi connectivity index (χ2v) is 5.46. The summed E-state index contributed by atoms with van der Waals surface area (Å²) in [4.78, 5) is 0. The van der Waals surface area contributed by atoms with Gasteiger partial charge in [-0.2, -0.15) is 0 Å². The minimum atomic E-state index is 0.743. The van der Waals surface area contributed by atoms with E-state index in [-0.39, 0.29) is 0 Å². The Hall–Kier alpha value is -0.860. The second-order valence-electron chi connectivity index (χ2n) is 5.46. The molecule has 1 saturated heterocycles. The summed E-state index contributed by atoms with van der Waals surface area (Å²) in [6.07, 6.45) is 4.01. The van der Waals surface area contributed by atoms with Crippen LogP contribution in [0.3, 0.4) is 0 Å². The normalized spacial score (nSPS) is 29.2. The molecule has 1 heterocycles. The average molecular weight is 230 g/mol. The van der Waals surface area contributed by atoms with E-state index in [1.54, 1.807) is 0 Å². The first-order valence-electron chi connectivity index (χ1n) is 6.92. The van der Waals surface area contributed by atoms with Gasteiger partial charge in [-0.15, -0.1) is 0 Å². The Morgan fingerprint density at radius 3 is 2.65 bits per heavy atom. The first-order valence-corrected chi connectivity index (χ1v) is 6.92. The van der Waals surface area contributed by atoms with Gasteiger partial charge in [0.25, 0.3) is 0 Å². The molecule has 2 fully saturated rings. The Morgan fingerprint density at radius 1 is 1.12 bits per heavy atom. The van der Waals surface area contributed by atoms with Crippen LogP contribution >= 0.6 is 0 Å². The molecule has 1 aromatic rings. The Bertz CT molecular complexity index is 343. The van der Waals surface area contributed by atoms with Crippen molar-refractivity contribution in [3.63, 3.8) is 0 Å². The fraction of sp³-hybridized carbons (Fsp3) is 0.600. The molecule has 92 valence electrons. The summed E-state index contributed by atoms with van der Waals surface area (Å²) >= 11 is 0. The van der Waals surface area contributed by atoms with E-state index < -0.39 is 0 Å². The van der Waals surface area contributed by atoms with Gasteiger partial charge in [0.05, 0.1) is 0 Å². The SMILES string of the molecule is c1ccc([C@@H]2C[C@H]2NCC2CCNCC2)cc1. The van der Waals surface area contributed by atoms with Crippen molar-refractivity contribution >= 4 is 0 Å². The van der Waals surface area contributed by atoms with Gasteiger partial charge < -0.3 is 10.6 Å². The van der Waals surface area contributed by atoms with E-state index in [2.05, 4.69) is 41.0 Å². The number of rotatable bonds is 4. The van der Waals surface area contributed by atoms with Crippen LogP contribution in [0.4, 0.5) is 0 Å². The van der Waals surface area contributed by atoms with E-state index in [9.17, 15) is 0 Å². The third kappa shape index (κ3) is 2.88. The van der Waals surface area contributed by atoms with Crippen LogP contribution in [0.5, 0.6) is 0 Å². The second kappa shape index (κ2) is 5.19. The zero-order valence-electron chi connectivity index (χ0n) is 10.4. The Kier molecular flexibility index (Phi) is 3.44. The van der Waals surface area contributed by atoms with Gasteiger partial charge in [-0.05, 0) is 50.4 Å². The van der Waals surface area contributed by atoms with Gasteiger partial charge in [0.2, 0.25) is 0 Å². The molecule has 0 radical (unpaired) electrons. The van der Waals surface area contributed by atoms with Crippen molar-refractivity contribution < 1.29 is 0 Å². The molecule has 2 heteroatoms. The molecule has 1 aliphatic heterocycles. The molecule has 17 heavy (non-hydrogen) atoms. The van der Waals surface area contributed by atoms with Crippen LogP contribution in [-0.2, 0) is 0 Å². The molecule has 0 aromatic heterocycles. The number of hydrogen-bond donors (Lipinski definition) is 2. The minimum absolute atomic E-state index is 0.743. The average Bonchev–Trinajstić information content (AvgIpc) is 3.18. The van der Waals surface area contributed by atoms with Crippen LogP contribution in [0.15, 0.2) is 30.3 Å². The topological polar surface area (TPSA) is 24.1 Å². The van der Waals surface area contributed by atoms with Gasteiger partial charge in [-0.1, -0.05) is 30.3 Å². The molecule has 2 nitrogen and oxygen atoms in total. The molecule has 0 amide bonds. The molecule has 1 aromatic carbocycles. The molecule has 2 atom stereocenters. The van der Waals surface area contributed by atoms with Crippen molar-refractivity contribution in [1.82, 2.24) is 10.6 Å². The lowest BCUT2D eigenvalue weighted by atomic mass is 9.98. The fourth-order valence-electron chi connectivity index (χ4n) is 2.89. The van der Waals surface area contributed by atoms with E-state index in [0.717, 1.165) is 17.9 Å². The molecule has 0 unspecified atom stereocenters. The third-order valence-electron chi connectivity index (χ3n) is 4.15. The maximum absolute atomic E-state index is 3.75. The van der Waals surface area contributed by atoms with Crippen LogP contribution in [0.2, 0.25) is 0 Å². The monoisotopic (exact) mass is 230 g/mol. The van der Waals surface area contributed by atoms with Crippen molar-refractivity contribution in [1.29, 1.82) is 0 Å². The first-order chi connectivity index (χ1) is 8.43. The highest BCUT2D eigenvalue weighted by atomic mass is 15.0. The van der Waals surface area contributed by atoms with Crippen LogP contribution in [0.1, 0.15) is 30.7 Å². The van der Waals surface area contributed by atoms with Crippen LogP contribution < -0.4 is 10.6 Å². The van der Waals surface area contributed by atoms with Gasteiger partial charge in [0, 0.05) is 12.0 Å². The predicted octanol–water partition coefficient (Wildman–Crippen LogP) is 2.13. The lowest BCUT2D eigenvalue weighted by molar-refractivity contribution is 0.355. The van der Waals surface area contributed by atoms with Gasteiger partial charge >= 0.3 is 0 Å². The number of piperidine rings is 1. The third-order valence-corrected chi connectivity index (χ3v) is 4.15. The molecular formula is C15H22N2. The maximum atomic E-state index is 3.75. The van der Waals surface area contributed by atoms with Crippen LogP contribution in [0.25, 0.3) is 0 Å². The Balaban J connectivity index is 1.43. The van der Waals surface area contributed by atoms with Gasteiger partial charge in [0.15, 0.2) is 0 Å².